The number of quaternary nitrogens is 1. The Balaban J connectivity index is 1.68. The molecule has 1 aliphatic rings. The van der Waals surface area contributed by atoms with Crippen LogP contribution in [-0.4, -0.2) is 30.7 Å². The first-order chi connectivity index (χ1) is 8.81. The third-order valence-electron chi connectivity index (χ3n) is 2.97. The van der Waals surface area contributed by atoms with Crippen molar-refractivity contribution in [2.24, 2.45) is 0 Å². The molecule has 6 heteroatoms. The van der Waals surface area contributed by atoms with E-state index in [4.69, 9.17) is 4.52 Å². The van der Waals surface area contributed by atoms with Crippen LogP contribution < -0.4 is 10.2 Å². The molecule has 1 atom stereocenters. The van der Waals surface area contributed by atoms with Gasteiger partial charge in [0.05, 0.1) is 18.0 Å². The lowest BCUT2D eigenvalue weighted by molar-refractivity contribution is -0.907. The van der Waals surface area contributed by atoms with Crippen molar-refractivity contribution >= 4 is 17.2 Å². The maximum atomic E-state index is 11.3. The predicted octanol–water partition coefficient (Wildman–Crippen LogP) is -0.0822. The van der Waals surface area contributed by atoms with E-state index in [1.54, 1.807) is 11.3 Å². The smallest absolute Gasteiger partial charge is 0.275 e. The van der Waals surface area contributed by atoms with Crippen LogP contribution in [0, 0.1) is 0 Å². The fourth-order valence-corrected chi connectivity index (χ4v) is 2.77. The van der Waals surface area contributed by atoms with Gasteiger partial charge in [-0.2, -0.15) is 0 Å². The van der Waals surface area contributed by atoms with Crippen LogP contribution in [0.15, 0.2) is 28.1 Å². The summed E-state index contributed by atoms with van der Waals surface area (Å²) in [6, 6.07) is 5.96. The first-order valence-electron chi connectivity index (χ1n) is 5.91. The summed E-state index contributed by atoms with van der Waals surface area (Å²) in [5, 5.41) is 8.91. The highest BCUT2D eigenvalue weighted by atomic mass is 32.1. The molecule has 1 amide bonds. The minimum atomic E-state index is 0.109. The average molecular weight is 264 g/mol. The Labute approximate surface area is 108 Å². The molecule has 3 rings (SSSR count). The normalized spacial score (nSPS) is 19.8. The van der Waals surface area contributed by atoms with Crippen molar-refractivity contribution in [3.63, 3.8) is 0 Å². The first-order valence-corrected chi connectivity index (χ1v) is 6.79. The van der Waals surface area contributed by atoms with Crippen LogP contribution in [0.1, 0.15) is 5.69 Å². The summed E-state index contributed by atoms with van der Waals surface area (Å²) in [5.41, 5.74) is 0.906. The Morgan fingerprint density at radius 3 is 3.28 bits per heavy atom. The van der Waals surface area contributed by atoms with Gasteiger partial charge in [0.2, 0.25) is 0 Å². The average Bonchev–Trinajstić information content (AvgIpc) is 2.98. The molecule has 1 fully saturated rings. The number of piperazine rings is 1. The number of amides is 1. The highest BCUT2D eigenvalue weighted by molar-refractivity contribution is 7.13. The van der Waals surface area contributed by atoms with Crippen LogP contribution in [-0.2, 0) is 11.3 Å². The lowest BCUT2D eigenvalue weighted by Crippen LogP contribution is -3.14. The van der Waals surface area contributed by atoms with E-state index in [1.807, 2.05) is 23.6 Å². The Morgan fingerprint density at radius 1 is 1.56 bits per heavy atom. The summed E-state index contributed by atoms with van der Waals surface area (Å²) in [7, 11) is 0. The molecule has 0 aliphatic carbocycles. The van der Waals surface area contributed by atoms with Crippen molar-refractivity contribution in [2.45, 2.75) is 6.54 Å². The van der Waals surface area contributed by atoms with Crippen molar-refractivity contribution in [1.29, 1.82) is 0 Å². The minimum absolute atomic E-state index is 0.109. The van der Waals surface area contributed by atoms with Crippen LogP contribution >= 0.6 is 11.3 Å². The number of aromatic nitrogens is 1. The highest BCUT2D eigenvalue weighted by Crippen LogP contribution is 2.24. The minimum Gasteiger partial charge on any atom is -0.355 e. The number of carbonyl (C=O) groups excluding carboxylic acids is 1. The fraction of sp³-hybridized carbons (Fsp3) is 0.333. The molecular formula is C12H14N3O2S+. The van der Waals surface area contributed by atoms with E-state index in [-0.39, 0.29) is 5.91 Å². The van der Waals surface area contributed by atoms with E-state index in [2.05, 4.69) is 10.5 Å². The molecular weight excluding hydrogens is 250 g/mol. The molecule has 2 aromatic rings. The van der Waals surface area contributed by atoms with Gasteiger partial charge in [-0.05, 0) is 11.4 Å². The van der Waals surface area contributed by atoms with Crippen LogP contribution in [0.5, 0.6) is 0 Å². The van der Waals surface area contributed by atoms with Gasteiger partial charge >= 0.3 is 0 Å². The summed E-state index contributed by atoms with van der Waals surface area (Å²) in [5.74, 6) is 0.916. The van der Waals surface area contributed by atoms with Gasteiger partial charge in [-0.25, -0.2) is 0 Å². The number of rotatable bonds is 3. The van der Waals surface area contributed by atoms with E-state index in [0.717, 1.165) is 36.0 Å². The van der Waals surface area contributed by atoms with E-state index >= 15 is 0 Å². The molecule has 1 unspecified atom stereocenters. The van der Waals surface area contributed by atoms with Crippen molar-refractivity contribution in [3.8, 4) is 10.6 Å². The van der Waals surface area contributed by atoms with Gasteiger partial charge in [0.25, 0.3) is 5.91 Å². The monoisotopic (exact) mass is 264 g/mol. The summed E-state index contributed by atoms with van der Waals surface area (Å²) in [6.07, 6.45) is 0. The van der Waals surface area contributed by atoms with Crippen molar-refractivity contribution in [1.82, 2.24) is 10.5 Å². The van der Waals surface area contributed by atoms with Gasteiger partial charge in [0.15, 0.2) is 12.3 Å². The summed E-state index contributed by atoms with van der Waals surface area (Å²) in [4.78, 5) is 13.6. The predicted molar refractivity (Wildman–Crippen MR) is 67.2 cm³/mol. The maximum Gasteiger partial charge on any atom is 0.275 e. The van der Waals surface area contributed by atoms with Gasteiger partial charge in [-0.15, -0.1) is 11.3 Å². The molecule has 94 valence electrons. The van der Waals surface area contributed by atoms with E-state index in [9.17, 15) is 4.79 Å². The molecule has 1 saturated heterocycles. The molecule has 0 saturated carbocycles. The van der Waals surface area contributed by atoms with Crippen molar-refractivity contribution in [3.05, 3.63) is 29.3 Å². The highest BCUT2D eigenvalue weighted by Gasteiger charge is 2.21. The van der Waals surface area contributed by atoms with Crippen LogP contribution in [0.3, 0.4) is 0 Å². The molecule has 0 spiro atoms. The van der Waals surface area contributed by atoms with Gasteiger partial charge in [0.1, 0.15) is 12.2 Å². The molecule has 2 aromatic heterocycles. The fourth-order valence-electron chi connectivity index (χ4n) is 2.09. The number of nitrogens with one attached hydrogen (secondary N) is 2. The van der Waals surface area contributed by atoms with E-state index < -0.39 is 0 Å². The van der Waals surface area contributed by atoms with Gasteiger partial charge < -0.3 is 14.7 Å². The maximum absolute atomic E-state index is 11.3. The Bertz CT molecular complexity index is 535. The molecule has 1 aliphatic heterocycles. The van der Waals surface area contributed by atoms with Crippen molar-refractivity contribution < 1.29 is 14.2 Å². The SMILES string of the molecule is O=C1C[NH+](Cc2cc(-c3cccs3)on2)CCN1. The second-order valence-corrected chi connectivity index (χ2v) is 5.31. The summed E-state index contributed by atoms with van der Waals surface area (Å²) < 4.78 is 5.32. The molecule has 0 bridgehead atoms. The Hall–Kier alpha value is -1.66. The number of thiophene rings is 1. The van der Waals surface area contributed by atoms with Gasteiger partial charge in [-0.1, -0.05) is 11.2 Å². The van der Waals surface area contributed by atoms with Crippen molar-refractivity contribution in [2.75, 3.05) is 19.6 Å². The van der Waals surface area contributed by atoms with E-state index in [1.165, 1.54) is 4.90 Å². The number of nitrogens with zero attached hydrogens (tertiary/aromatic N) is 1. The summed E-state index contributed by atoms with van der Waals surface area (Å²) >= 11 is 1.63. The van der Waals surface area contributed by atoms with Gasteiger partial charge in [0, 0.05) is 6.07 Å². The zero-order chi connectivity index (χ0) is 12.4. The zero-order valence-electron chi connectivity index (χ0n) is 9.81. The quantitative estimate of drug-likeness (QED) is 0.815. The zero-order valence-corrected chi connectivity index (χ0v) is 10.6. The van der Waals surface area contributed by atoms with E-state index in [0.29, 0.717) is 6.54 Å². The lowest BCUT2D eigenvalue weighted by Gasteiger charge is -2.22. The molecule has 0 aromatic carbocycles. The Morgan fingerprint density at radius 2 is 2.50 bits per heavy atom. The van der Waals surface area contributed by atoms with Crippen LogP contribution in [0.4, 0.5) is 0 Å². The molecule has 18 heavy (non-hydrogen) atoms. The number of hydrogen-bond acceptors (Lipinski definition) is 4. The second-order valence-electron chi connectivity index (χ2n) is 4.36. The largest absolute Gasteiger partial charge is 0.355 e. The molecule has 3 heterocycles. The van der Waals surface area contributed by atoms with Gasteiger partial charge in [-0.3, -0.25) is 4.79 Å². The molecule has 0 radical (unpaired) electrons. The second kappa shape index (κ2) is 4.91. The van der Waals surface area contributed by atoms with Crippen LogP contribution in [0.2, 0.25) is 0 Å². The number of hydrogen-bond donors (Lipinski definition) is 2. The first kappa shape index (κ1) is 11.4. The standard InChI is InChI=1S/C12H13N3O2S/c16-12-8-15(4-3-13-12)7-9-6-10(17-14-9)11-2-1-5-18-11/h1-2,5-6H,3-4,7-8H2,(H,13,16)/p+1. The third kappa shape index (κ3) is 2.44. The molecule has 2 N–H and O–H groups in total. The summed E-state index contributed by atoms with van der Waals surface area (Å²) in [6.45, 7) is 2.93. The number of carbonyl (C=O) groups is 1. The van der Waals surface area contributed by atoms with Crippen LogP contribution in [0.25, 0.3) is 10.6 Å². The third-order valence-corrected chi connectivity index (χ3v) is 3.85. The topological polar surface area (TPSA) is 59.6 Å². The molecule has 5 nitrogen and oxygen atoms in total. The lowest BCUT2D eigenvalue weighted by atomic mass is 10.3. The Kier molecular flexibility index (Phi) is 3.12.